The van der Waals surface area contributed by atoms with Crippen LogP contribution in [0.15, 0.2) is 12.1 Å². The van der Waals surface area contributed by atoms with Gasteiger partial charge >= 0.3 is 6.03 Å². The Labute approximate surface area is 110 Å². The normalized spacial score (nSPS) is 13.0. The Morgan fingerprint density at radius 3 is 2.26 bits per heavy atom. The molecule has 2 amide bonds. The number of amides is 2. The third-order valence-electron chi connectivity index (χ3n) is 2.93. The van der Waals surface area contributed by atoms with Crippen molar-refractivity contribution in [1.82, 2.24) is 5.32 Å². The van der Waals surface area contributed by atoms with Crippen LogP contribution in [0.3, 0.4) is 0 Å². The van der Waals surface area contributed by atoms with E-state index < -0.39 is 29.2 Å². The maximum absolute atomic E-state index is 13.3. The van der Waals surface area contributed by atoms with E-state index in [-0.39, 0.29) is 11.5 Å². The molecule has 19 heavy (non-hydrogen) atoms. The summed E-state index contributed by atoms with van der Waals surface area (Å²) in [7, 11) is 0. The number of carbonyl (C=O) groups is 1. The molecule has 0 aliphatic rings. The van der Waals surface area contributed by atoms with Crippen LogP contribution in [0.4, 0.5) is 23.7 Å². The number of nitrogens with one attached hydrogen (secondary N) is 2. The zero-order valence-corrected chi connectivity index (χ0v) is 11.3. The predicted octanol–water partition coefficient (Wildman–Crippen LogP) is 3.66. The van der Waals surface area contributed by atoms with Gasteiger partial charge < -0.3 is 10.6 Å². The Balaban J connectivity index is 2.76. The Bertz CT molecular complexity index is 484. The summed E-state index contributed by atoms with van der Waals surface area (Å²) in [4.78, 5) is 11.6. The van der Waals surface area contributed by atoms with E-state index in [2.05, 4.69) is 10.6 Å². The lowest BCUT2D eigenvalue weighted by Gasteiger charge is -2.28. The second-order valence-electron chi connectivity index (χ2n) is 5.41. The summed E-state index contributed by atoms with van der Waals surface area (Å²) in [6, 6.07) is 0.865. The van der Waals surface area contributed by atoms with Crippen LogP contribution in [0.2, 0.25) is 0 Å². The van der Waals surface area contributed by atoms with Crippen LogP contribution in [0.25, 0.3) is 0 Å². The standard InChI is InChI=1S/C13H17F3N2O/c1-7(13(2,3)4)17-12(19)18-9-6-5-8(14)10(15)11(9)16/h5-7H,1-4H3,(H2,17,18,19). The van der Waals surface area contributed by atoms with Crippen molar-refractivity contribution >= 4 is 11.7 Å². The molecule has 0 aromatic heterocycles. The second-order valence-corrected chi connectivity index (χ2v) is 5.41. The number of halogens is 3. The van der Waals surface area contributed by atoms with Crippen LogP contribution in [-0.4, -0.2) is 12.1 Å². The Morgan fingerprint density at radius 2 is 1.74 bits per heavy atom. The smallest absolute Gasteiger partial charge is 0.319 e. The molecule has 1 unspecified atom stereocenters. The van der Waals surface area contributed by atoms with Crippen molar-refractivity contribution in [3.05, 3.63) is 29.6 Å². The van der Waals surface area contributed by atoms with Crippen LogP contribution in [0.1, 0.15) is 27.7 Å². The van der Waals surface area contributed by atoms with E-state index >= 15 is 0 Å². The lowest BCUT2D eigenvalue weighted by Crippen LogP contribution is -2.43. The van der Waals surface area contributed by atoms with Gasteiger partial charge in [-0.25, -0.2) is 18.0 Å². The molecule has 106 valence electrons. The van der Waals surface area contributed by atoms with Gasteiger partial charge in [-0.2, -0.15) is 0 Å². The number of rotatable bonds is 2. The highest BCUT2D eigenvalue weighted by atomic mass is 19.2. The summed E-state index contributed by atoms with van der Waals surface area (Å²) >= 11 is 0. The minimum Gasteiger partial charge on any atom is -0.335 e. The third kappa shape index (κ3) is 3.87. The molecule has 1 aromatic rings. The van der Waals surface area contributed by atoms with E-state index in [1.54, 1.807) is 6.92 Å². The molecule has 0 heterocycles. The van der Waals surface area contributed by atoms with Crippen molar-refractivity contribution in [1.29, 1.82) is 0 Å². The fourth-order valence-corrected chi connectivity index (χ4v) is 1.19. The van der Waals surface area contributed by atoms with Gasteiger partial charge in [0, 0.05) is 6.04 Å². The molecule has 0 aliphatic heterocycles. The Morgan fingerprint density at radius 1 is 1.16 bits per heavy atom. The molecule has 1 aromatic carbocycles. The van der Waals surface area contributed by atoms with E-state index in [1.165, 1.54) is 0 Å². The van der Waals surface area contributed by atoms with Crippen molar-refractivity contribution in [2.24, 2.45) is 5.41 Å². The average Bonchev–Trinajstić information content (AvgIpc) is 2.28. The van der Waals surface area contributed by atoms with Gasteiger partial charge in [0.1, 0.15) is 0 Å². The summed E-state index contributed by atoms with van der Waals surface area (Å²) in [6.45, 7) is 7.57. The highest BCUT2D eigenvalue weighted by molar-refractivity contribution is 5.89. The van der Waals surface area contributed by atoms with Gasteiger partial charge in [-0.1, -0.05) is 20.8 Å². The molecule has 1 atom stereocenters. The first-order chi connectivity index (χ1) is 8.62. The van der Waals surface area contributed by atoms with Gasteiger partial charge in [0.05, 0.1) is 5.69 Å². The van der Waals surface area contributed by atoms with Gasteiger partial charge in [0.25, 0.3) is 0 Å². The molecule has 0 saturated heterocycles. The van der Waals surface area contributed by atoms with Crippen molar-refractivity contribution in [2.45, 2.75) is 33.7 Å². The third-order valence-corrected chi connectivity index (χ3v) is 2.93. The van der Waals surface area contributed by atoms with Crippen molar-refractivity contribution < 1.29 is 18.0 Å². The van der Waals surface area contributed by atoms with Crippen molar-refractivity contribution in [3.8, 4) is 0 Å². The van der Waals surface area contributed by atoms with E-state index in [1.807, 2.05) is 20.8 Å². The number of hydrogen-bond donors (Lipinski definition) is 2. The van der Waals surface area contributed by atoms with Gasteiger partial charge in [-0.3, -0.25) is 0 Å². The van der Waals surface area contributed by atoms with Crippen LogP contribution in [-0.2, 0) is 0 Å². The largest absolute Gasteiger partial charge is 0.335 e. The minimum atomic E-state index is -1.61. The fraction of sp³-hybridized carbons (Fsp3) is 0.462. The first kappa shape index (κ1) is 15.3. The van der Waals surface area contributed by atoms with Gasteiger partial charge in [-0.15, -0.1) is 0 Å². The van der Waals surface area contributed by atoms with Crippen molar-refractivity contribution in [2.75, 3.05) is 5.32 Å². The first-order valence-corrected chi connectivity index (χ1v) is 5.84. The van der Waals surface area contributed by atoms with Crippen LogP contribution in [0, 0.1) is 22.9 Å². The molecule has 0 aliphatic carbocycles. The van der Waals surface area contributed by atoms with Crippen LogP contribution in [0.5, 0.6) is 0 Å². The Kier molecular flexibility index (Phi) is 4.44. The minimum absolute atomic E-state index is 0.177. The average molecular weight is 274 g/mol. The summed E-state index contributed by atoms with van der Waals surface area (Å²) in [5, 5.41) is 4.75. The lowest BCUT2D eigenvalue weighted by atomic mass is 9.88. The summed E-state index contributed by atoms with van der Waals surface area (Å²) in [5.41, 5.74) is -0.582. The molecule has 6 heteroatoms. The van der Waals surface area contributed by atoms with E-state index in [0.717, 1.165) is 12.1 Å². The molecular formula is C13H17F3N2O. The highest BCUT2D eigenvalue weighted by Crippen LogP contribution is 2.21. The molecule has 3 nitrogen and oxygen atoms in total. The summed E-state index contributed by atoms with van der Waals surface area (Å²) in [5.74, 6) is -4.33. The molecular weight excluding hydrogens is 257 g/mol. The molecule has 0 spiro atoms. The molecule has 1 rings (SSSR count). The van der Waals surface area contributed by atoms with E-state index in [0.29, 0.717) is 0 Å². The number of benzene rings is 1. The molecule has 0 saturated carbocycles. The Hall–Kier alpha value is -1.72. The van der Waals surface area contributed by atoms with Crippen LogP contribution < -0.4 is 10.6 Å². The summed E-state index contributed by atoms with van der Waals surface area (Å²) < 4.78 is 39.0. The maximum Gasteiger partial charge on any atom is 0.319 e. The fourth-order valence-electron chi connectivity index (χ4n) is 1.19. The van der Waals surface area contributed by atoms with Gasteiger partial charge in [0.15, 0.2) is 17.5 Å². The lowest BCUT2D eigenvalue weighted by molar-refractivity contribution is 0.233. The van der Waals surface area contributed by atoms with E-state index in [4.69, 9.17) is 0 Å². The zero-order chi connectivity index (χ0) is 14.8. The van der Waals surface area contributed by atoms with Gasteiger partial charge in [0.2, 0.25) is 0 Å². The van der Waals surface area contributed by atoms with Gasteiger partial charge in [-0.05, 0) is 24.5 Å². The predicted molar refractivity (Wildman–Crippen MR) is 67.4 cm³/mol. The first-order valence-electron chi connectivity index (χ1n) is 5.84. The topological polar surface area (TPSA) is 41.1 Å². The van der Waals surface area contributed by atoms with Crippen LogP contribution >= 0.6 is 0 Å². The number of carbonyl (C=O) groups excluding carboxylic acids is 1. The molecule has 0 bridgehead atoms. The number of urea groups is 1. The van der Waals surface area contributed by atoms with Crippen molar-refractivity contribution in [3.63, 3.8) is 0 Å². The highest BCUT2D eigenvalue weighted by Gasteiger charge is 2.22. The molecule has 0 radical (unpaired) electrons. The number of anilines is 1. The molecule has 0 fully saturated rings. The number of hydrogen-bond acceptors (Lipinski definition) is 1. The second kappa shape index (κ2) is 5.50. The van der Waals surface area contributed by atoms with E-state index in [9.17, 15) is 18.0 Å². The summed E-state index contributed by atoms with van der Waals surface area (Å²) in [6.07, 6.45) is 0. The zero-order valence-electron chi connectivity index (χ0n) is 11.3. The molecule has 2 N–H and O–H groups in total. The maximum atomic E-state index is 13.3. The monoisotopic (exact) mass is 274 g/mol. The quantitative estimate of drug-likeness (QED) is 0.794. The SMILES string of the molecule is CC(NC(=O)Nc1ccc(F)c(F)c1F)C(C)(C)C.